The fraction of sp³-hybridized carbons (Fsp3) is 0.440. The van der Waals surface area contributed by atoms with E-state index >= 15 is 0 Å². The summed E-state index contributed by atoms with van der Waals surface area (Å²) >= 11 is 12.3. The van der Waals surface area contributed by atoms with E-state index in [-0.39, 0.29) is 17.9 Å². The van der Waals surface area contributed by atoms with Crippen molar-refractivity contribution in [2.75, 3.05) is 0 Å². The molecule has 2 amide bonds. The molecule has 0 saturated heterocycles. The average Bonchev–Trinajstić information content (AvgIpc) is 3.27. The number of hydrogen-bond acceptors (Lipinski definition) is 2. The molecule has 0 radical (unpaired) electrons. The van der Waals surface area contributed by atoms with Crippen LogP contribution in [0.1, 0.15) is 56.6 Å². The summed E-state index contributed by atoms with van der Waals surface area (Å²) in [5, 5.41) is 4.11. The van der Waals surface area contributed by atoms with Gasteiger partial charge >= 0.3 is 0 Å². The Morgan fingerprint density at radius 2 is 1.74 bits per heavy atom. The molecule has 166 valence electrons. The average molecular weight is 461 g/mol. The number of nitrogens with zero attached hydrogens (tertiary/aromatic N) is 1. The third-order valence-corrected chi connectivity index (χ3v) is 6.51. The number of amides is 2. The van der Waals surface area contributed by atoms with Gasteiger partial charge in [-0.2, -0.15) is 0 Å². The van der Waals surface area contributed by atoms with Gasteiger partial charge in [0.15, 0.2) is 0 Å². The monoisotopic (exact) mass is 460 g/mol. The van der Waals surface area contributed by atoms with Crippen molar-refractivity contribution in [1.29, 1.82) is 0 Å². The van der Waals surface area contributed by atoms with Crippen molar-refractivity contribution in [3.05, 3.63) is 69.7 Å². The van der Waals surface area contributed by atoms with E-state index in [4.69, 9.17) is 23.2 Å². The van der Waals surface area contributed by atoms with Crippen molar-refractivity contribution >= 4 is 35.0 Å². The maximum Gasteiger partial charge on any atom is 0.243 e. The van der Waals surface area contributed by atoms with Gasteiger partial charge in [-0.15, -0.1) is 0 Å². The van der Waals surface area contributed by atoms with Crippen LogP contribution >= 0.6 is 23.2 Å². The molecule has 0 spiro atoms. The fourth-order valence-corrected chi connectivity index (χ4v) is 4.43. The second-order valence-electron chi connectivity index (χ2n) is 8.22. The van der Waals surface area contributed by atoms with Crippen LogP contribution in [0.3, 0.4) is 0 Å². The Balaban J connectivity index is 1.90. The van der Waals surface area contributed by atoms with Gasteiger partial charge in [0.2, 0.25) is 11.8 Å². The van der Waals surface area contributed by atoms with Crippen molar-refractivity contribution in [2.45, 2.75) is 70.5 Å². The molecule has 31 heavy (non-hydrogen) atoms. The highest BCUT2D eigenvalue weighted by Crippen LogP contribution is 2.25. The lowest BCUT2D eigenvalue weighted by atomic mass is 10.0. The first-order valence-electron chi connectivity index (χ1n) is 11.1. The Morgan fingerprint density at radius 3 is 2.39 bits per heavy atom. The lowest BCUT2D eigenvalue weighted by Crippen LogP contribution is -2.52. The largest absolute Gasteiger partial charge is 0.352 e. The van der Waals surface area contributed by atoms with Crippen LogP contribution in [0.25, 0.3) is 0 Å². The first kappa shape index (κ1) is 23.6. The summed E-state index contributed by atoms with van der Waals surface area (Å²) in [5.41, 5.74) is 1.88. The molecule has 1 saturated carbocycles. The zero-order valence-corrected chi connectivity index (χ0v) is 19.5. The quantitative estimate of drug-likeness (QED) is 0.514. The summed E-state index contributed by atoms with van der Waals surface area (Å²) in [6.07, 6.45) is 5.85. The van der Waals surface area contributed by atoms with Gasteiger partial charge in [0.05, 0.1) is 10.0 Å². The number of carbonyl (C=O) groups is 2. The smallest absolute Gasteiger partial charge is 0.243 e. The molecule has 0 bridgehead atoms. The Bertz CT molecular complexity index is 882. The van der Waals surface area contributed by atoms with Crippen molar-refractivity contribution in [1.82, 2.24) is 10.2 Å². The van der Waals surface area contributed by atoms with Crippen molar-refractivity contribution in [3.8, 4) is 0 Å². The number of carbonyl (C=O) groups excluding carboxylic acids is 2. The van der Waals surface area contributed by atoms with E-state index in [9.17, 15) is 9.59 Å². The lowest BCUT2D eigenvalue weighted by molar-refractivity contribution is -0.141. The van der Waals surface area contributed by atoms with Gasteiger partial charge in [-0.1, -0.05) is 79.4 Å². The molecule has 0 aliphatic heterocycles. The molecule has 3 rings (SSSR count). The molecule has 4 nitrogen and oxygen atoms in total. The predicted molar refractivity (Wildman–Crippen MR) is 126 cm³/mol. The molecule has 2 aromatic carbocycles. The molecular weight excluding hydrogens is 431 g/mol. The minimum Gasteiger partial charge on any atom is -0.352 e. The van der Waals surface area contributed by atoms with Gasteiger partial charge in [-0.25, -0.2) is 0 Å². The zero-order chi connectivity index (χ0) is 22.2. The molecule has 1 atom stereocenters. The molecule has 1 fully saturated rings. The highest BCUT2D eigenvalue weighted by molar-refractivity contribution is 6.42. The molecule has 1 aliphatic rings. The molecule has 0 heterocycles. The summed E-state index contributed by atoms with van der Waals surface area (Å²) < 4.78 is 0. The summed E-state index contributed by atoms with van der Waals surface area (Å²) in [4.78, 5) is 28.3. The van der Waals surface area contributed by atoms with Crippen LogP contribution in [0, 0.1) is 0 Å². The SMILES string of the molecule is CCCC(=O)N(Cc1ccc(Cl)c(Cl)c1)C(Cc1ccccc1)C(=O)NC1CCCC1. The first-order valence-corrected chi connectivity index (χ1v) is 11.8. The van der Waals surface area contributed by atoms with E-state index in [2.05, 4.69) is 5.32 Å². The maximum absolute atomic E-state index is 13.4. The van der Waals surface area contributed by atoms with Crippen LogP contribution in [0.4, 0.5) is 0 Å². The number of rotatable bonds is 9. The van der Waals surface area contributed by atoms with Crippen LogP contribution < -0.4 is 5.32 Å². The first-order chi connectivity index (χ1) is 15.0. The Morgan fingerprint density at radius 1 is 1.03 bits per heavy atom. The molecule has 1 unspecified atom stereocenters. The minimum absolute atomic E-state index is 0.0314. The topological polar surface area (TPSA) is 49.4 Å². The fourth-order valence-electron chi connectivity index (χ4n) is 4.11. The third-order valence-electron chi connectivity index (χ3n) is 5.77. The third kappa shape index (κ3) is 6.72. The van der Waals surface area contributed by atoms with Gasteiger partial charge in [0, 0.05) is 25.4 Å². The van der Waals surface area contributed by atoms with E-state index in [0.717, 1.165) is 43.2 Å². The van der Waals surface area contributed by atoms with Gasteiger partial charge in [0.25, 0.3) is 0 Å². The molecule has 2 aromatic rings. The minimum atomic E-state index is -0.587. The predicted octanol–water partition coefficient (Wildman–Crippen LogP) is 5.79. The van der Waals surface area contributed by atoms with Crippen LogP contribution in [0.15, 0.2) is 48.5 Å². The Hall–Kier alpha value is -2.04. The summed E-state index contributed by atoms with van der Waals surface area (Å²) in [7, 11) is 0. The Kier molecular flexibility index (Phi) is 8.79. The molecule has 1 N–H and O–H groups in total. The van der Waals surface area contributed by atoms with Gasteiger partial charge in [-0.05, 0) is 42.5 Å². The molecule has 6 heteroatoms. The van der Waals surface area contributed by atoms with E-state index in [1.807, 2.05) is 43.3 Å². The van der Waals surface area contributed by atoms with Crippen molar-refractivity contribution in [2.24, 2.45) is 0 Å². The maximum atomic E-state index is 13.4. The molecular formula is C25H30Cl2N2O2. The van der Waals surface area contributed by atoms with Gasteiger partial charge in [0.1, 0.15) is 6.04 Å². The van der Waals surface area contributed by atoms with Crippen LogP contribution in [0.5, 0.6) is 0 Å². The van der Waals surface area contributed by atoms with Gasteiger partial charge < -0.3 is 10.2 Å². The standard InChI is InChI=1S/C25H30Cl2N2O2/c1-2-8-24(30)29(17-19-13-14-21(26)22(27)15-19)23(16-18-9-4-3-5-10-18)25(31)28-20-11-6-7-12-20/h3-5,9-10,13-15,20,23H,2,6-8,11-12,16-17H2,1H3,(H,28,31). The summed E-state index contributed by atoms with van der Waals surface area (Å²) in [6.45, 7) is 2.28. The number of benzene rings is 2. The summed E-state index contributed by atoms with van der Waals surface area (Å²) in [6, 6.07) is 14.8. The number of nitrogens with one attached hydrogen (secondary N) is 1. The van der Waals surface area contributed by atoms with Crippen LogP contribution in [0.2, 0.25) is 10.0 Å². The normalized spacial score (nSPS) is 14.9. The zero-order valence-electron chi connectivity index (χ0n) is 17.9. The molecule has 0 aromatic heterocycles. The highest BCUT2D eigenvalue weighted by Gasteiger charge is 2.31. The van der Waals surface area contributed by atoms with E-state index in [1.54, 1.807) is 17.0 Å². The van der Waals surface area contributed by atoms with E-state index in [1.165, 1.54) is 0 Å². The second-order valence-corrected chi connectivity index (χ2v) is 9.03. The van der Waals surface area contributed by atoms with Crippen LogP contribution in [-0.2, 0) is 22.6 Å². The van der Waals surface area contributed by atoms with E-state index in [0.29, 0.717) is 29.4 Å². The number of hydrogen-bond donors (Lipinski definition) is 1. The second kappa shape index (κ2) is 11.5. The Labute approximate surface area is 194 Å². The molecule has 1 aliphatic carbocycles. The summed E-state index contributed by atoms with van der Waals surface area (Å²) in [5.74, 6) is -0.114. The van der Waals surface area contributed by atoms with Crippen molar-refractivity contribution in [3.63, 3.8) is 0 Å². The van der Waals surface area contributed by atoms with Gasteiger partial charge in [-0.3, -0.25) is 9.59 Å². The van der Waals surface area contributed by atoms with E-state index < -0.39 is 6.04 Å². The van der Waals surface area contributed by atoms with Crippen molar-refractivity contribution < 1.29 is 9.59 Å². The number of halogens is 2. The lowest BCUT2D eigenvalue weighted by Gasteiger charge is -2.32. The van der Waals surface area contributed by atoms with Crippen LogP contribution in [-0.4, -0.2) is 28.8 Å². The highest BCUT2D eigenvalue weighted by atomic mass is 35.5.